The highest BCUT2D eigenvalue weighted by molar-refractivity contribution is 6.42. The van der Waals surface area contributed by atoms with Crippen LogP contribution in [0.5, 0.6) is 0 Å². The van der Waals surface area contributed by atoms with E-state index in [4.69, 9.17) is 67.5 Å². The highest BCUT2D eigenvalue weighted by atomic mass is 35.5. The Bertz CT molecular complexity index is 1210. The molecular weight excluding hydrogens is 574 g/mol. The van der Waals surface area contributed by atoms with Gasteiger partial charge in [0.15, 0.2) is 0 Å². The van der Waals surface area contributed by atoms with Gasteiger partial charge in [-0.1, -0.05) is 65.4 Å². The third kappa shape index (κ3) is 7.88. The van der Waals surface area contributed by atoms with E-state index >= 15 is 0 Å². The van der Waals surface area contributed by atoms with E-state index in [0.717, 1.165) is 16.8 Å². The summed E-state index contributed by atoms with van der Waals surface area (Å²) < 4.78 is 9.66. The fraction of sp³-hybridized carbons (Fsp3) is 0.304. The summed E-state index contributed by atoms with van der Waals surface area (Å²) in [6.07, 6.45) is 4.75. The van der Waals surface area contributed by atoms with Crippen molar-refractivity contribution in [3.8, 4) is 0 Å². The maximum absolute atomic E-state index is 11.2. The Morgan fingerprint density at radius 2 is 1.36 bits per heavy atom. The second kappa shape index (κ2) is 13.4. The third-order valence-electron chi connectivity index (χ3n) is 4.92. The van der Waals surface area contributed by atoms with Crippen LogP contribution in [0.25, 0.3) is 0 Å². The van der Waals surface area contributed by atoms with Gasteiger partial charge in [-0.25, -0.2) is 19.6 Å². The quantitative estimate of drug-likeness (QED) is 0.309. The number of aromatic nitrogens is 2. The number of cyclic esters (lactones) is 2. The second-order valence-electron chi connectivity index (χ2n) is 7.52. The van der Waals surface area contributed by atoms with E-state index in [1.807, 2.05) is 23.9 Å². The standard InChI is InChI=1S/C11H9Cl3N2O2.C11H10Cl2N2O2.CH4/c1-16(8-5-18-11(17)9(8)13)4-6-2-7(12)10(14)15-3-6;1-15(8-3-10(16)17-6-8)5-7-2-9(12)11(13)14-4-7;/h2-3H,4-5H2,1H3;2-4H,5-6H2,1H3;1H4. The van der Waals surface area contributed by atoms with E-state index in [1.54, 1.807) is 24.5 Å². The molecule has 4 heterocycles. The molecule has 8 nitrogen and oxygen atoms in total. The lowest BCUT2D eigenvalue weighted by Crippen LogP contribution is -2.19. The maximum Gasteiger partial charge on any atom is 0.352 e. The number of carbonyl (C=O) groups excluding carboxylic acids is 2. The van der Waals surface area contributed by atoms with Crippen LogP contribution in [-0.4, -0.2) is 59.0 Å². The molecule has 0 radical (unpaired) electrons. The van der Waals surface area contributed by atoms with Gasteiger partial charge in [0.05, 0.1) is 21.4 Å². The van der Waals surface area contributed by atoms with Crippen LogP contribution in [0.2, 0.25) is 20.4 Å². The van der Waals surface area contributed by atoms with Gasteiger partial charge in [0.25, 0.3) is 0 Å². The van der Waals surface area contributed by atoms with Crippen molar-refractivity contribution in [3.63, 3.8) is 0 Å². The van der Waals surface area contributed by atoms with E-state index in [1.165, 1.54) is 6.08 Å². The first-order valence-corrected chi connectivity index (χ1v) is 11.9. The summed E-state index contributed by atoms with van der Waals surface area (Å²) in [5, 5.41) is 1.48. The van der Waals surface area contributed by atoms with Gasteiger partial charge in [0.2, 0.25) is 0 Å². The second-order valence-corrected chi connectivity index (χ2v) is 9.43. The molecule has 0 fully saturated rings. The van der Waals surface area contributed by atoms with Crippen LogP contribution in [0, 0.1) is 0 Å². The molecule has 0 amide bonds. The minimum absolute atomic E-state index is 0. The number of carbonyl (C=O) groups is 2. The molecule has 0 atom stereocenters. The smallest absolute Gasteiger partial charge is 0.352 e. The number of rotatable bonds is 6. The normalized spacial score (nSPS) is 14.4. The largest absolute Gasteiger partial charge is 0.456 e. The molecule has 0 saturated heterocycles. The van der Waals surface area contributed by atoms with Crippen LogP contribution in [0.4, 0.5) is 0 Å². The first-order valence-electron chi connectivity index (χ1n) is 10.0. The van der Waals surface area contributed by atoms with Crippen molar-refractivity contribution in [3.05, 3.63) is 78.5 Å². The van der Waals surface area contributed by atoms with Gasteiger partial charge in [-0.15, -0.1) is 0 Å². The Labute approximate surface area is 234 Å². The lowest BCUT2D eigenvalue weighted by molar-refractivity contribution is -0.136. The molecule has 0 N–H and O–H groups in total. The Kier molecular flexibility index (Phi) is 11.1. The minimum atomic E-state index is -0.495. The van der Waals surface area contributed by atoms with Gasteiger partial charge in [-0.2, -0.15) is 0 Å². The van der Waals surface area contributed by atoms with Gasteiger partial charge < -0.3 is 19.3 Å². The van der Waals surface area contributed by atoms with Crippen LogP contribution >= 0.6 is 58.0 Å². The number of ether oxygens (including phenoxy) is 2. The van der Waals surface area contributed by atoms with Crippen LogP contribution in [0.15, 0.2) is 47.0 Å². The number of halogens is 5. The Hall–Kier alpha value is -2.23. The zero-order valence-corrected chi connectivity index (χ0v) is 22.3. The van der Waals surface area contributed by atoms with Crippen molar-refractivity contribution in [2.45, 2.75) is 20.5 Å². The highest BCUT2D eigenvalue weighted by Gasteiger charge is 2.25. The summed E-state index contributed by atoms with van der Waals surface area (Å²) >= 11 is 29.1. The summed E-state index contributed by atoms with van der Waals surface area (Å²) in [5.41, 5.74) is 3.26. The molecule has 2 aromatic heterocycles. The molecule has 2 aliphatic rings. The fourth-order valence-corrected chi connectivity index (χ4v) is 3.92. The molecule has 0 saturated carbocycles. The molecule has 2 aliphatic heterocycles. The number of nitrogens with zero attached hydrogens (tertiary/aromatic N) is 4. The van der Waals surface area contributed by atoms with E-state index in [-0.39, 0.29) is 35.3 Å². The zero-order chi connectivity index (χ0) is 25.7. The van der Waals surface area contributed by atoms with Crippen molar-refractivity contribution in [2.24, 2.45) is 0 Å². The highest BCUT2D eigenvalue weighted by Crippen LogP contribution is 2.25. The molecule has 4 rings (SSSR count). The predicted octanol–water partition coefficient (Wildman–Crippen LogP) is 5.72. The molecule has 194 valence electrons. The van der Waals surface area contributed by atoms with Crippen LogP contribution in [-0.2, 0) is 32.2 Å². The molecule has 13 heteroatoms. The molecule has 36 heavy (non-hydrogen) atoms. The summed E-state index contributed by atoms with van der Waals surface area (Å²) in [6.45, 7) is 1.59. The van der Waals surface area contributed by atoms with Crippen molar-refractivity contribution >= 4 is 69.9 Å². The van der Waals surface area contributed by atoms with E-state index in [2.05, 4.69) is 9.97 Å². The average Bonchev–Trinajstić information content (AvgIpc) is 3.39. The number of esters is 2. The lowest BCUT2D eigenvalue weighted by atomic mass is 10.2. The Morgan fingerprint density at radius 3 is 1.78 bits per heavy atom. The van der Waals surface area contributed by atoms with Gasteiger partial charge in [0.1, 0.15) is 28.6 Å². The van der Waals surface area contributed by atoms with Gasteiger partial charge in [0, 0.05) is 45.7 Å². The summed E-state index contributed by atoms with van der Waals surface area (Å²) in [4.78, 5) is 33.7. The zero-order valence-electron chi connectivity index (χ0n) is 18.5. The Morgan fingerprint density at radius 1 is 0.833 bits per heavy atom. The van der Waals surface area contributed by atoms with Crippen molar-refractivity contribution < 1.29 is 19.1 Å². The number of hydrogen-bond acceptors (Lipinski definition) is 8. The van der Waals surface area contributed by atoms with Gasteiger partial charge in [-0.3, -0.25) is 0 Å². The molecule has 0 aromatic carbocycles. The first kappa shape index (κ1) is 30.0. The van der Waals surface area contributed by atoms with Crippen LogP contribution in [0.1, 0.15) is 18.6 Å². The first-order chi connectivity index (χ1) is 16.5. The Balaban J connectivity index is 0.000000247. The number of likely N-dealkylation sites (N-methyl/N-ethyl adjacent to an activating group) is 2. The molecule has 0 spiro atoms. The maximum atomic E-state index is 11.2. The predicted molar refractivity (Wildman–Crippen MR) is 141 cm³/mol. The summed E-state index contributed by atoms with van der Waals surface area (Å²) in [6, 6.07) is 3.48. The monoisotopic (exact) mass is 594 g/mol. The molecular formula is C23H23Cl5N4O4. The third-order valence-corrected chi connectivity index (χ3v) is 6.66. The van der Waals surface area contributed by atoms with Gasteiger partial charge in [-0.05, 0) is 23.3 Å². The fourth-order valence-electron chi connectivity index (χ4n) is 3.08. The number of pyridine rings is 2. The molecule has 0 unspecified atom stereocenters. The summed E-state index contributed by atoms with van der Waals surface area (Å²) in [5.74, 6) is -0.801. The van der Waals surface area contributed by atoms with E-state index in [9.17, 15) is 9.59 Å². The topological polar surface area (TPSA) is 84.9 Å². The number of hydrogen-bond donors (Lipinski definition) is 0. The van der Waals surface area contributed by atoms with Crippen LogP contribution in [0.3, 0.4) is 0 Å². The van der Waals surface area contributed by atoms with E-state index in [0.29, 0.717) is 35.4 Å². The van der Waals surface area contributed by atoms with Crippen molar-refractivity contribution in [1.29, 1.82) is 0 Å². The SMILES string of the molecule is C.CN(Cc1cnc(Cl)c(Cl)c1)C1=C(Cl)C(=O)OC1.CN(Cc1cnc(Cl)c(Cl)c1)C1=CC(=O)OC1. The molecule has 0 bridgehead atoms. The van der Waals surface area contributed by atoms with Crippen molar-refractivity contribution in [1.82, 2.24) is 19.8 Å². The van der Waals surface area contributed by atoms with Crippen LogP contribution < -0.4 is 0 Å². The van der Waals surface area contributed by atoms with E-state index < -0.39 is 5.97 Å². The lowest BCUT2D eigenvalue weighted by Gasteiger charge is -2.19. The van der Waals surface area contributed by atoms with Crippen molar-refractivity contribution in [2.75, 3.05) is 27.3 Å². The minimum Gasteiger partial charge on any atom is -0.456 e. The molecule has 0 aliphatic carbocycles. The van der Waals surface area contributed by atoms with Gasteiger partial charge >= 0.3 is 11.9 Å². The summed E-state index contributed by atoms with van der Waals surface area (Å²) in [7, 11) is 3.68. The average molecular weight is 597 g/mol. The molecule has 2 aromatic rings.